The van der Waals surface area contributed by atoms with E-state index in [0.29, 0.717) is 5.78 Å². The van der Waals surface area contributed by atoms with Crippen LogP contribution in [0.2, 0.25) is 0 Å². The molecule has 0 aromatic heterocycles. The molecule has 1 aliphatic rings. The van der Waals surface area contributed by atoms with Gasteiger partial charge in [-0.1, -0.05) is 19.3 Å². The summed E-state index contributed by atoms with van der Waals surface area (Å²) in [5.41, 5.74) is 0. The van der Waals surface area contributed by atoms with Crippen molar-refractivity contribution in [3.8, 4) is 0 Å². The van der Waals surface area contributed by atoms with Crippen LogP contribution in [0.25, 0.3) is 0 Å². The van der Waals surface area contributed by atoms with E-state index in [2.05, 4.69) is 11.8 Å². The maximum atomic E-state index is 11.4. The summed E-state index contributed by atoms with van der Waals surface area (Å²) in [6, 6.07) is 0. The van der Waals surface area contributed by atoms with Crippen molar-refractivity contribution in [3.05, 3.63) is 0 Å². The summed E-state index contributed by atoms with van der Waals surface area (Å²) in [5.74, 6) is 3.12. The van der Waals surface area contributed by atoms with E-state index < -0.39 is 0 Å². The van der Waals surface area contributed by atoms with E-state index in [-0.39, 0.29) is 0 Å². The molecule has 0 atom stereocenters. The van der Waals surface area contributed by atoms with Crippen LogP contribution in [0.1, 0.15) is 57.8 Å². The SMILES string of the molecule is O=C1CCCCCCSCCCCC1. The molecule has 1 aliphatic heterocycles. The molecule has 0 radical (unpaired) electrons. The Kier molecular flexibility index (Phi) is 7.20. The van der Waals surface area contributed by atoms with Gasteiger partial charge in [0, 0.05) is 12.8 Å². The molecule has 14 heavy (non-hydrogen) atoms. The van der Waals surface area contributed by atoms with Gasteiger partial charge in [-0.25, -0.2) is 0 Å². The van der Waals surface area contributed by atoms with Crippen LogP contribution in [-0.4, -0.2) is 17.3 Å². The zero-order valence-electron chi connectivity index (χ0n) is 9.09. The minimum absolute atomic E-state index is 0.497. The van der Waals surface area contributed by atoms with Crippen molar-refractivity contribution in [1.29, 1.82) is 0 Å². The smallest absolute Gasteiger partial charge is 0.132 e. The molecule has 0 aliphatic carbocycles. The van der Waals surface area contributed by atoms with Gasteiger partial charge < -0.3 is 0 Å². The van der Waals surface area contributed by atoms with Gasteiger partial charge in [-0.15, -0.1) is 0 Å². The Morgan fingerprint density at radius 2 is 1.21 bits per heavy atom. The van der Waals surface area contributed by atoms with Crippen LogP contribution >= 0.6 is 11.8 Å². The Morgan fingerprint density at radius 3 is 1.86 bits per heavy atom. The number of carbonyl (C=O) groups excluding carboxylic acids is 1. The second-order valence-corrected chi connectivity index (χ2v) is 5.35. The predicted molar refractivity (Wildman–Crippen MR) is 63.9 cm³/mol. The molecular weight excluding hydrogens is 192 g/mol. The molecule has 0 aromatic rings. The van der Waals surface area contributed by atoms with Gasteiger partial charge in [-0.2, -0.15) is 11.8 Å². The average Bonchev–Trinajstić information content (AvgIpc) is 2.20. The Balaban J connectivity index is 2.15. The lowest BCUT2D eigenvalue weighted by atomic mass is 10.1. The molecule has 0 N–H and O–H groups in total. The summed E-state index contributed by atoms with van der Waals surface area (Å²) in [6.45, 7) is 0. The fraction of sp³-hybridized carbons (Fsp3) is 0.917. The third kappa shape index (κ3) is 6.47. The quantitative estimate of drug-likeness (QED) is 0.610. The van der Waals surface area contributed by atoms with Crippen molar-refractivity contribution in [2.45, 2.75) is 57.8 Å². The van der Waals surface area contributed by atoms with Crippen molar-refractivity contribution in [2.24, 2.45) is 0 Å². The molecule has 1 rings (SSSR count). The van der Waals surface area contributed by atoms with Crippen molar-refractivity contribution < 1.29 is 4.79 Å². The monoisotopic (exact) mass is 214 g/mol. The zero-order chi connectivity index (χ0) is 10.1. The molecule has 0 aromatic carbocycles. The number of rotatable bonds is 0. The molecule has 1 heterocycles. The van der Waals surface area contributed by atoms with E-state index >= 15 is 0 Å². The van der Waals surface area contributed by atoms with Gasteiger partial charge in [0.2, 0.25) is 0 Å². The highest BCUT2D eigenvalue weighted by Gasteiger charge is 2.02. The van der Waals surface area contributed by atoms with Gasteiger partial charge in [-0.05, 0) is 37.2 Å². The molecule has 0 amide bonds. The topological polar surface area (TPSA) is 17.1 Å². The normalized spacial score (nSPS) is 23.3. The standard InChI is InChI=1S/C12H22OS/c13-12-8-4-1-2-6-10-14-11-7-3-5-9-12/h1-11H2. The maximum Gasteiger partial charge on any atom is 0.132 e. The minimum atomic E-state index is 0.497. The Morgan fingerprint density at radius 1 is 0.714 bits per heavy atom. The third-order valence-corrected chi connectivity index (χ3v) is 3.89. The van der Waals surface area contributed by atoms with Gasteiger partial charge in [0.05, 0.1) is 0 Å². The van der Waals surface area contributed by atoms with E-state index in [1.807, 2.05) is 0 Å². The fourth-order valence-corrected chi connectivity index (χ4v) is 2.83. The van der Waals surface area contributed by atoms with E-state index in [1.165, 1.54) is 43.6 Å². The lowest BCUT2D eigenvalue weighted by Gasteiger charge is -1.99. The Hall–Kier alpha value is 0.0200. The van der Waals surface area contributed by atoms with E-state index in [1.54, 1.807) is 0 Å². The predicted octanol–water partition coefficient (Wildman–Crippen LogP) is 3.81. The van der Waals surface area contributed by atoms with Crippen LogP contribution in [0.15, 0.2) is 0 Å². The first-order valence-corrected chi connectivity index (χ1v) is 7.14. The summed E-state index contributed by atoms with van der Waals surface area (Å²) in [7, 11) is 0. The fourth-order valence-electron chi connectivity index (χ4n) is 1.81. The van der Waals surface area contributed by atoms with Gasteiger partial charge in [0.25, 0.3) is 0 Å². The Bertz CT molecular complexity index is 140. The number of ketones is 1. The molecule has 0 saturated carbocycles. The van der Waals surface area contributed by atoms with Gasteiger partial charge in [-0.3, -0.25) is 4.79 Å². The lowest BCUT2D eigenvalue weighted by molar-refractivity contribution is -0.119. The molecule has 1 saturated heterocycles. The second kappa shape index (κ2) is 8.34. The lowest BCUT2D eigenvalue weighted by Crippen LogP contribution is -1.97. The molecule has 82 valence electrons. The van der Waals surface area contributed by atoms with E-state index in [9.17, 15) is 4.79 Å². The van der Waals surface area contributed by atoms with Crippen molar-refractivity contribution in [2.75, 3.05) is 11.5 Å². The summed E-state index contributed by atoms with van der Waals surface area (Å²) in [6.07, 6.45) is 10.4. The number of hydrogen-bond donors (Lipinski definition) is 0. The Labute approximate surface area is 92.0 Å². The summed E-state index contributed by atoms with van der Waals surface area (Å²) in [4.78, 5) is 11.4. The first kappa shape index (κ1) is 12.1. The molecule has 1 nitrogen and oxygen atoms in total. The van der Waals surface area contributed by atoms with Crippen molar-refractivity contribution in [3.63, 3.8) is 0 Å². The summed E-state index contributed by atoms with van der Waals surface area (Å²) >= 11 is 2.09. The molecule has 1 fully saturated rings. The van der Waals surface area contributed by atoms with Crippen LogP contribution in [-0.2, 0) is 4.79 Å². The van der Waals surface area contributed by atoms with E-state index in [0.717, 1.165) is 25.7 Å². The summed E-state index contributed by atoms with van der Waals surface area (Å²) in [5, 5.41) is 0. The van der Waals surface area contributed by atoms with Crippen molar-refractivity contribution >= 4 is 17.5 Å². The largest absolute Gasteiger partial charge is 0.300 e. The second-order valence-electron chi connectivity index (χ2n) is 4.13. The maximum absolute atomic E-state index is 11.4. The first-order chi connectivity index (χ1) is 6.89. The number of hydrogen-bond acceptors (Lipinski definition) is 2. The van der Waals surface area contributed by atoms with Gasteiger partial charge in [0.1, 0.15) is 5.78 Å². The molecule has 0 bridgehead atoms. The highest BCUT2D eigenvalue weighted by molar-refractivity contribution is 7.99. The van der Waals surface area contributed by atoms with Gasteiger partial charge >= 0.3 is 0 Å². The third-order valence-electron chi connectivity index (χ3n) is 2.74. The minimum Gasteiger partial charge on any atom is -0.300 e. The van der Waals surface area contributed by atoms with Crippen LogP contribution in [0.3, 0.4) is 0 Å². The number of thioether (sulfide) groups is 1. The van der Waals surface area contributed by atoms with E-state index in [4.69, 9.17) is 0 Å². The van der Waals surface area contributed by atoms with Crippen molar-refractivity contribution in [1.82, 2.24) is 0 Å². The first-order valence-electron chi connectivity index (χ1n) is 5.99. The molecule has 0 spiro atoms. The highest BCUT2D eigenvalue weighted by atomic mass is 32.2. The summed E-state index contributed by atoms with van der Waals surface area (Å²) < 4.78 is 0. The zero-order valence-corrected chi connectivity index (χ0v) is 9.91. The van der Waals surface area contributed by atoms with Gasteiger partial charge in [0.15, 0.2) is 0 Å². The van der Waals surface area contributed by atoms with Crippen LogP contribution in [0.5, 0.6) is 0 Å². The highest BCUT2D eigenvalue weighted by Crippen LogP contribution is 2.14. The number of carbonyl (C=O) groups is 1. The van der Waals surface area contributed by atoms with Crippen LogP contribution in [0.4, 0.5) is 0 Å². The molecule has 0 unspecified atom stereocenters. The molecular formula is C12H22OS. The number of Topliss-reactive ketones (excluding diaryl/α,β-unsaturated/α-hetero) is 1. The van der Waals surface area contributed by atoms with Crippen LogP contribution < -0.4 is 0 Å². The average molecular weight is 214 g/mol. The molecule has 2 heteroatoms. The van der Waals surface area contributed by atoms with Crippen LogP contribution in [0, 0.1) is 0 Å².